The predicted octanol–water partition coefficient (Wildman–Crippen LogP) is 5.73. The van der Waals surface area contributed by atoms with E-state index in [9.17, 15) is 14.9 Å². The Hall–Kier alpha value is -2.12. The zero-order chi connectivity index (χ0) is 20.1. The lowest BCUT2D eigenvalue weighted by atomic mass is 10.1. The molecule has 0 aliphatic rings. The molecule has 0 heterocycles. The van der Waals surface area contributed by atoms with E-state index in [0.29, 0.717) is 23.8 Å². The van der Waals surface area contributed by atoms with Gasteiger partial charge in [0.15, 0.2) is 0 Å². The van der Waals surface area contributed by atoms with Crippen molar-refractivity contribution in [3.8, 4) is 5.75 Å². The summed E-state index contributed by atoms with van der Waals surface area (Å²) in [6.45, 7) is 5.89. The summed E-state index contributed by atoms with van der Waals surface area (Å²) in [5.41, 5.74) is 2.65. The molecule has 0 aromatic heterocycles. The van der Waals surface area contributed by atoms with Crippen molar-refractivity contribution in [3.63, 3.8) is 0 Å². The van der Waals surface area contributed by atoms with Crippen LogP contribution in [0.1, 0.15) is 29.5 Å². The molecule has 2 rings (SSSR count). The highest BCUT2D eigenvalue weighted by atomic mass is 79.9. The maximum Gasteiger partial charge on any atom is 0.293 e. The number of hydrogen-bond donors (Lipinski definition) is 1. The first-order valence-electron chi connectivity index (χ1n) is 8.33. The van der Waals surface area contributed by atoms with Gasteiger partial charge in [-0.3, -0.25) is 14.9 Å². The molecular formula is C19H20BrClN2O4. The third-order valence-electron chi connectivity index (χ3n) is 4.00. The van der Waals surface area contributed by atoms with Gasteiger partial charge < -0.3 is 10.1 Å². The highest BCUT2D eigenvalue weighted by molar-refractivity contribution is 9.10. The Bertz CT molecular complexity index is 886. The second-order valence-electron chi connectivity index (χ2n) is 6.22. The van der Waals surface area contributed by atoms with Crippen LogP contribution in [0.2, 0.25) is 5.02 Å². The maximum atomic E-state index is 12.1. The lowest BCUT2D eigenvalue weighted by Crippen LogP contribution is -2.14. The number of nitrogens with zero attached hydrogens (tertiary/aromatic N) is 1. The second-order valence-corrected chi connectivity index (χ2v) is 7.39. The molecule has 0 atom stereocenters. The van der Waals surface area contributed by atoms with Gasteiger partial charge in [0.05, 0.1) is 16.0 Å². The largest absolute Gasteiger partial charge is 0.492 e. The molecule has 0 fully saturated rings. The zero-order valence-electron chi connectivity index (χ0n) is 15.3. The summed E-state index contributed by atoms with van der Waals surface area (Å²) in [6, 6.07) is 6.53. The fourth-order valence-electron chi connectivity index (χ4n) is 2.53. The van der Waals surface area contributed by atoms with Crippen molar-refractivity contribution in [2.24, 2.45) is 0 Å². The SMILES string of the molecule is Cc1ccc(NC(=O)CCCOc2cc(C)c(Cl)c(C)c2Br)c([N+](=O)[O-])c1. The van der Waals surface area contributed by atoms with E-state index >= 15 is 0 Å². The number of benzene rings is 2. The number of amides is 1. The molecule has 0 aliphatic heterocycles. The smallest absolute Gasteiger partial charge is 0.293 e. The Labute approximate surface area is 171 Å². The van der Waals surface area contributed by atoms with E-state index < -0.39 is 4.92 Å². The summed E-state index contributed by atoms with van der Waals surface area (Å²) >= 11 is 9.66. The Morgan fingerprint density at radius 1 is 1.30 bits per heavy atom. The van der Waals surface area contributed by atoms with Gasteiger partial charge in [-0.15, -0.1) is 0 Å². The van der Waals surface area contributed by atoms with E-state index in [1.54, 1.807) is 13.0 Å². The van der Waals surface area contributed by atoms with Crippen molar-refractivity contribution >= 4 is 44.8 Å². The van der Waals surface area contributed by atoms with Gasteiger partial charge in [0.25, 0.3) is 5.69 Å². The number of carbonyl (C=O) groups is 1. The van der Waals surface area contributed by atoms with Crippen molar-refractivity contribution in [2.45, 2.75) is 33.6 Å². The number of hydrogen-bond acceptors (Lipinski definition) is 4. The maximum absolute atomic E-state index is 12.1. The van der Waals surface area contributed by atoms with Gasteiger partial charge >= 0.3 is 0 Å². The van der Waals surface area contributed by atoms with Gasteiger partial charge in [-0.05, 0) is 71.9 Å². The van der Waals surface area contributed by atoms with Crippen LogP contribution < -0.4 is 10.1 Å². The first-order chi connectivity index (χ1) is 12.7. The number of nitrogens with one attached hydrogen (secondary N) is 1. The van der Waals surface area contributed by atoms with Gasteiger partial charge in [0.2, 0.25) is 5.91 Å². The highest BCUT2D eigenvalue weighted by Gasteiger charge is 2.16. The van der Waals surface area contributed by atoms with Crippen molar-refractivity contribution in [2.75, 3.05) is 11.9 Å². The topological polar surface area (TPSA) is 81.5 Å². The molecule has 1 N–H and O–H groups in total. The van der Waals surface area contributed by atoms with Crippen molar-refractivity contribution in [1.29, 1.82) is 0 Å². The first kappa shape index (κ1) is 21.2. The van der Waals surface area contributed by atoms with E-state index in [-0.39, 0.29) is 23.7 Å². The number of anilines is 1. The molecule has 27 heavy (non-hydrogen) atoms. The van der Waals surface area contributed by atoms with Crippen LogP contribution in [0.25, 0.3) is 0 Å². The standard InChI is InChI=1S/C19H20BrClN2O4/c1-11-6-7-14(15(9-11)23(25)26)22-17(24)5-4-8-27-16-10-12(2)19(21)13(3)18(16)20/h6-7,9-10H,4-5,8H2,1-3H3,(H,22,24). The molecule has 0 radical (unpaired) electrons. The van der Waals surface area contributed by atoms with Crippen LogP contribution in [0.5, 0.6) is 5.75 Å². The number of nitro benzene ring substituents is 1. The van der Waals surface area contributed by atoms with Crippen molar-refractivity contribution in [3.05, 3.63) is 60.6 Å². The summed E-state index contributed by atoms with van der Waals surface area (Å²) in [5, 5.41) is 14.4. The molecule has 0 saturated carbocycles. The van der Waals surface area contributed by atoms with Crippen LogP contribution in [-0.4, -0.2) is 17.4 Å². The third kappa shape index (κ3) is 5.43. The number of aryl methyl sites for hydroxylation is 2. The highest BCUT2D eigenvalue weighted by Crippen LogP contribution is 2.35. The minimum atomic E-state index is -0.506. The summed E-state index contributed by atoms with van der Waals surface area (Å²) < 4.78 is 6.53. The fourth-order valence-corrected chi connectivity index (χ4v) is 3.22. The molecule has 0 bridgehead atoms. The van der Waals surface area contributed by atoms with Gasteiger partial charge in [0.1, 0.15) is 11.4 Å². The quantitative estimate of drug-likeness (QED) is 0.328. The van der Waals surface area contributed by atoms with Crippen LogP contribution in [0.3, 0.4) is 0 Å². The van der Waals surface area contributed by atoms with E-state index in [2.05, 4.69) is 21.2 Å². The number of halogens is 2. The average molecular weight is 456 g/mol. The minimum absolute atomic E-state index is 0.115. The summed E-state index contributed by atoms with van der Waals surface area (Å²) in [4.78, 5) is 22.7. The van der Waals surface area contributed by atoms with Crippen LogP contribution >= 0.6 is 27.5 Å². The molecule has 2 aromatic carbocycles. The van der Waals surface area contributed by atoms with Crippen LogP contribution in [0, 0.1) is 30.9 Å². The molecular weight excluding hydrogens is 436 g/mol. The van der Waals surface area contributed by atoms with Crippen molar-refractivity contribution < 1.29 is 14.5 Å². The Balaban J connectivity index is 1.90. The van der Waals surface area contributed by atoms with E-state index in [0.717, 1.165) is 21.2 Å². The van der Waals surface area contributed by atoms with E-state index in [1.165, 1.54) is 12.1 Å². The monoisotopic (exact) mass is 454 g/mol. The number of nitro groups is 1. The predicted molar refractivity (Wildman–Crippen MR) is 110 cm³/mol. The molecule has 6 nitrogen and oxygen atoms in total. The zero-order valence-corrected chi connectivity index (χ0v) is 17.6. The number of ether oxygens (including phenoxy) is 1. The van der Waals surface area contributed by atoms with Crippen LogP contribution in [0.4, 0.5) is 11.4 Å². The molecule has 0 spiro atoms. The summed E-state index contributed by atoms with van der Waals surface area (Å²) in [6.07, 6.45) is 0.660. The number of rotatable bonds is 7. The minimum Gasteiger partial charge on any atom is -0.492 e. The van der Waals surface area contributed by atoms with Gasteiger partial charge in [-0.1, -0.05) is 17.7 Å². The molecule has 2 aromatic rings. The summed E-state index contributed by atoms with van der Waals surface area (Å²) in [5.74, 6) is 0.372. The van der Waals surface area contributed by atoms with Gasteiger partial charge in [-0.2, -0.15) is 0 Å². The first-order valence-corrected chi connectivity index (χ1v) is 9.50. The second kappa shape index (κ2) is 9.19. The normalized spacial score (nSPS) is 10.6. The average Bonchev–Trinajstić information content (AvgIpc) is 2.62. The van der Waals surface area contributed by atoms with Crippen LogP contribution in [-0.2, 0) is 4.79 Å². The number of carbonyl (C=O) groups excluding carboxylic acids is 1. The molecule has 0 unspecified atom stereocenters. The lowest BCUT2D eigenvalue weighted by Gasteiger charge is -2.13. The molecule has 0 saturated heterocycles. The lowest BCUT2D eigenvalue weighted by molar-refractivity contribution is -0.384. The summed E-state index contributed by atoms with van der Waals surface area (Å²) in [7, 11) is 0. The third-order valence-corrected chi connectivity index (χ3v) is 5.57. The van der Waals surface area contributed by atoms with E-state index in [1.807, 2.05) is 19.9 Å². The Morgan fingerprint density at radius 3 is 2.67 bits per heavy atom. The molecule has 144 valence electrons. The van der Waals surface area contributed by atoms with Gasteiger partial charge in [0, 0.05) is 17.5 Å². The van der Waals surface area contributed by atoms with Crippen molar-refractivity contribution in [1.82, 2.24) is 0 Å². The molecule has 0 aliphatic carbocycles. The van der Waals surface area contributed by atoms with Gasteiger partial charge in [-0.25, -0.2) is 0 Å². The molecule has 1 amide bonds. The van der Waals surface area contributed by atoms with Crippen LogP contribution in [0.15, 0.2) is 28.7 Å². The Kier molecular flexibility index (Phi) is 7.21. The fraction of sp³-hybridized carbons (Fsp3) is 0.316. The molecule has 8 heteroatoms. The van der Waals surface area contributed by atoms with E-state index in [4.69, 9.17) is 16.3 Å². The Morgan fingerprint density at radius 2 is 2.00 bits per heavy atom.